The summed E-state index contributed by atoms with van der Waals surface area (Å²) in [6, 6.07) is 15.8. The van der Waals surface area contributed by atoms with E-state index in [1.807, 2.05) is 59.9 Å². The third-order valence-corrected chi connectivity index (χ3v) is 7.12. The van der Waals surface area contributed by atoms with Gasteiger partial charge in [0.05, 0.1) is 4.58 Å². The van der Waals surface area contributed by atoms with Crippen LogP contribution in [0.25, 0.3) is 0 Å². The van der Waals surface area contributed by atoms with Crippen LogP contribution >= 0.6 is 35.1 Å². The number of carbonyl (C=O) groups excluding carboxylic acids is 1. The number of benzene rings is 2. The van der Waals surface area contributed by atoms with E-state index >= 15 is 0 Å². The molecule has 3 rings (SSSR count). The maximum Gasteiger partial charge on any atom is 0.224 e. The summed E-state index contributed by atoms with van der Waals surface area (Å²) in [5, 5.41) is 3.71. The first kappa shape index (κ1) is 16.7. The molecule has 5 heteroatoms. The van der Waals surface area contributed by atoms with E-state index in [0.29, 0.717) is 17.4 Å². The quantitative estimate of drug-likeness (QED) is 0.772. The van der Waals surface area contributed by atoms with Crippen LogP contribution in [0.3, 0.4) is 0 Å². The van der Waals surface area contributed by atoms with Crippen LogP contribution in [0.2, 0.25) is 5.02 Å². The van der Waals surface area contributed by atoms with E-state index in [-0.39, 0.29) is 5.91 Å². The number of thioether (sulfide) groups is 2. The van der Waals surface area contributed by atoms with E-state index < -0.39 is 0 Å². The second kappa shape index (κ2) is 8.13. The van der Waals surface area contributed by atoms with Crippen molar-refractivity contribution in [2.75, 3.05) is 16.8 Å². The van der Waals surface area contributed by atoms with Crippen molar-refractivity contribution in [1.82, 2.24) is 0 Å². The zero-order valence-corrected chi connectivity index (χ0v) is 15.0. The molecular formula is C18H18ClNOS2. The monoisotopic (exact) mass is 363 g/mol. The molecule has 120 valence electrons. The van der Waals surface area contributed by atoms with Crippen LogP contribution in [-0.4, -0.2) is 17.4 Å². The highest BCUT2D eigenvalue weighted by Crippen LogP contribution is 2.45. The molecule has 1 saturated heterocycles. The molecule has 1 N–H and O–H groups in total. The van der Waals surface area contributed by atoms with Gasteiger partial charge in [0.25, 0.3) is 0 Å². The molecule has 0 atom stereocenters. The number of hydrogen-bond donors (Lipinski definition) is 1. The number of anilines is 1. The Bertz CT molecular complexity index is 686. The largest absolute Gasteiger partial charge is 0.326 e. The molecule has 2 aromatic rings. The van der Waals surface area contributed by atoms with Gasteiger partial charge in [-0.25, -0.2) is 0 Å². The fourth-order valence-electron chi connectivity index (χ4n) is 2.49. The van der Waals surface area contributed by atoms with Crippen LogP contribution in [0.15, 0.2) is 48.5 Å². The van der Waals surface area contributed by atoms with Crippen molar-refractivity contribution < 1.29 is 4.79 Å². The summed E-state index contributed by atoms with van der Waals surface area (Å²) in [7, 11) is 0. The third kappa shape index (κ3) is 4.69. The van der Waals surface area contributed by atoms with Crippen molar-refractivity contribution >= 4 is 46.7 Å². The standard InChI is InChI=1S/C18H18ClNOS2/c19-16-7-2-1-4-13(16)8-9-17(21)20-15-6-3-5-14(12-15)18-22-10-11-23-18/h1-7,12,18H,8-11H2,(H,20,21). The Kier molecular flexibility index (Phi) is 5.92. The van der Waals surface area contributed by atoms with Crippen LogP contribution in [0, 0.1) is 0 Å². The third-order valence-electron chi connectivity index (χ3n) is 3.64. The molecule has 1 fully saturated rings. The highest BCUT2D eigenvalue weighted by atomic mass is 35.5. The molecule has 0 unspecified atom stereocenters. The molecule has 2 aromatic carbocycles. The van der Waals surface area contributed by atoms with Gasteiger partial charge in [0.1, 0.15) is 0 Å². The maximum atomic E-state index is 12.2. The topological polar surface area (TPSA) is 29.1 Å². The van der Waals surface area contributed by atoms with E-state index in [9.17, 15) is 4.79 Å². The molecule has 0 bridgehead atoms. The molecule has 0 aromatic heterocycles. The van der Waals surface area contributed by atoms with E-state index in [0.717, 1.165) is 16.3 Å². The fourth-order valence-corrected chi connectivity index (χ4v) is 5.56. The van der Waals surface area contributed by atoms with Gasteiger partial charge in [0.2, 0.25) is 5.91 Å². The maximum absolute atomic E-state index is 12.2. The Labute approximate surface area is 150 Å². The minimum atomic E-state index is 0.0220. The van der Waals surface area contributed by atoms with Gasteiger partial charge in [-0.2, -0.15) is 0 Å². The lowest BCUT2D eigenvalue weighted by Gasteiger charge is -2.11. The molecule has 0 saturated carbocycles. The van der Waals surface area contributed by atoms with Gasteiger partial charge in [-0.3, -0.25) is 4.79 Å². The van der Waals surface area contributed by atoms with Crippen molar-refractivity contribution in [2.45, 2.75) is 17.4 Å². The minimum Gasteiger partial charge on any atom is -0.326 e. The Morgan fingerprint density at radius 1 is 1.13 bits per heavy atom. The first-order valence-corrected chi connectivity index (χ1v) is 10.1. The van der Waals surface area contributed by atoms with Crippen molar-refractivity contribution in [2.24, 2.45) is 0 Å². The Balaban J connectivity index is 1.57. The first-order chi connectivity index (χ1) is 11.2. The van der Waals surface area contributed by atoms with E-state index in [1.165, 1.54) is 17.1 Å². The van der Waals surface area contributed by atoms with Crippen LogP contribution in [-0.2, 0) is 11.2 Å². The highest BCUT2D eigenvalue weighted by molar-refractivity contribution is 8.19. The van der Waals surface area contributed by atoms with Gasteiger partial charge in [-0.05, 0) is 35.7 Å². The van der Waals surface area contributed by atoms with Crippen molar-refractivity contribution in [3.8, 4) is 0 Å². The van der Waals surface area contributed by atoms with Crippen LogP contribution in [0.5, 0.6) is 0 Å². The summed E-state index contributed by atoms with van der Waals surface area (Å²) in [6.45, 7) is 0. The fraction of sp³-hybridized carbons (Fsp3) is 0.278. The van der Waals surface area contributed by atoms with Gasteiger partial charge >= 0.3 is 0 Å². The lowest BCUT2D eigenvalue weighted by atomic mass is 10.1. The average Bonchev–Trinajstić information content (AvgIpc) is 3.09. The number of halogens is 1. The minimum absolute atomic E-state index is 0.0220. The summed E-state index contributed by atoms with van der Waals surface area (Å²) in [4.78, 5) is 12.2. The van der Waals surface area contributed by atoms with E-state index in [1.54, 1.807) is 0 Å². The normalized spacial score (nSPS) is 14.8. The predicted molar refractivity (Wildman–Crippen MR) is 103 cm³/mol. The zero-order chi connectivity index (χ0) is 16.1. The van der Waals surface area contributed by atoms with Crippen molar-refractivity contribution in [3.63, 3.8) is 0 Å². The number of rotatable bonds is 5. The number of hydrogen-bond acceptors (Lipinski definition) is 3. The van der Waals surface area contributed by atoms with Gasteiger partial charge < -0.3 is 5.32 Å². The molecule has 1 aliphatic rings. The molecule has 1 heterocycles. The molecule has 0 aliphatic carbocycles. The average molecular weight is 364 g/mol. The second-order valence-corrected chi connectivity index (χ2v) is 8.47. The first-order valence-electron chi connectivity index (χ1n) is 7.59. The molecular weight excluding hydrogens is 346 g/mol. The summed E-state index contributed by atoms with van der Waals surface area (Å²) >= 11 is 10.1. The van der Waals surface area contributed by atoms with Gasteiger partial charge in [-0.15, -0.1) is 23.5 Å². The van der Waals surface area contributed by atoms with Crippen LogP contribution in [0.1, 0.15) is 22.1 Å². The predicted octanol–water partition coefficient (Wildman–Crippen LogP) is 5.39. The number of nitrogens with one attached hydrogen (secondary N) is 1. The highest BCUT2D eigenvalue weighted by Gasteiger charge is 2.18. The smallest absolute Gasteiger partial charge is 0.224 e. The van der Waals surface area contributed by atoms with Crippen LogP contribution < -0.4 is 5.32 Å². The van der Waals surface area contributed by atoms with E-state index in [4.69, 9.17) is 11.6 Å². The molecule has 1 amide bonds. The summed E-state index contributed by atoms with van der Waals surface area (Å²) in [5.41, 5.74) is 3.16. The van der Waals surface area contributed by atoms with Crippen LogP contribution in [0.4, 0.5) is 5.69 Å². The summed E-state index contributed by atoms with van der Waals surface area (Å²) < 4.78 is 0.495. The second-order valence-electron chi connectivity index (χ2n) is 5.34. The lowest BCUT2D eigenvalue weighted by Crippen LogP contribution is -2.12. The zero-order valence-electron chi connectivity index (χ0n) is 12.6. The Morgan fingerprint density at radius 2 is 1.91 bits per heavy atom. The number of aryl methyl sites for hydroxylation is 1. The lowest BCUT2D eigenvalue weighted by molar-refractivity contribution is -0.116. The van der Waals surface area contributed by atoms with E-state index in [2.05, 4.69) is 17.4 Å². The summed E-state index contributed by atoms with van der Waals surface area (Å²) in [5.74, 6) is 2.42. The van der Waals surface area contributed by atoms with Gasteiger partial charge in [-0.1, -0.05) is 41.9 Å². The molecule has 2 nitrogen and oxygen atoms in total. The summed E-state index contributed by atoms with van der Waals surface area (Å²) in [6.07, 6.45) is 1.08. The molecule has 1 aliphatic heterocycles. The number of amides is 1. The molecule has 0 radical (unpaired) electrons. The SMILES string of the molecule is O=C(CCc1ccccc1Cl)Nc1cccc(C2SCCS2)c1. The molecule has 0 spiro atoms. The Hall–Kier alpha value is -1.10. The van der Waals surface area contributed by atoms with Crippen molar-refractivity contribution in [1.29, 1.82) is 0 Å². The Morgan fingerprint density at radius 3 is 2.70 bits per heavy atom. The molecule has 23 heavy (non-hydrogen) atoms. The van der Waals surface area contributed by atoms with Gasteiger partial charge in [0, 0.05) is 28.6 Å². The van der Waals surface area contributed by atoms with Gasteiger partial charge in [0.15, 0.2) is 0 Å². The number of carbonyl (C=O) groups is 1. The van der Waals surface area contributed by atoms with Crippen molar-refractivity contribution in [3.05, 3.63) is 64.7 Å².